The minimum atomic E-state index is -0.250. The van der Waals surface area contributed by atoms with Gasteiger partial charge in [-0.2, -0.15) is 0 Å². The van der Waals surface area contributed by atoms with Crippen molar-refractivity contribution in [1.29, 1.82) is 0 Å². The van der Waals surface area contributed by atoms with Gasteiger partial charge in [-0.15, -0.1) is 0 Å². The van der Waals surface area contributed by atoms with Gasteiger partial charge in [0.2, 0.25) is 0 Å². The van der Waals surface area contributed by atoms with Crippen LogP contribution in [0.3, 0.4) is 0 Å². The summed E-state index contributed by atoms with van der Waals surface area (Å²) in [6.07, 6.45) is 54.7. The van der Waals surface area contributed by atoms with Crippen molar-refractivity contribution in [2.24, 2.45) is 11.8 Å². The highest BCUT2D eigenvalue weighted by Gasteiger charge is 2.13. The molecular formula is C54H109NO5. The number of nitrogens with zero attached hydrogens (tertiary/aromatic N) is 1. The third-order valence-electron chi connectivity index (χ3n) is 13.0. The van der Waals surface area contributed by atoms with Crippen molar-refractivity contribution in [1.82, 2.24) is 4.90 Å². The number of hydrogen-bond donors (Lipinski definition) is 1. The number of carbonyl (C=O) groups excluding carboxylic acids is 1. The van der Waals surface area contributed by atoms with E-state index >= 15 is 0 Å². The largest absolute Gasteiger partial charge is 0.483 e. The predicted molar refractivity (Wildman–Crippen MR) is 263 cm³/mol. The molecule has 6 nitrogen and oxygen atoms in total. The van der Waals surface area contributed by atoms with Gasteiger partial charge in [-0.25, -0.2) is 0 Å². The van der Waals surface area contributed by atoms with Crippen LogP contribution >= 0.6 is 0 Å². The molecule has 0 aliphatic carbocycles. The Bertz CT molecular complexity index is 770. The fourth-order valence-corrected chi connectivity index (χ4v) is 9.05. The van der Waals surface area contributed by atoms with Crippen LogP contribution in [0.2, 0.25) is 0 Å². The summed E-state index contributed by atoms with van der Waals surface area (Å²) in [5.41, 5.74) is 0. The van der Waals surface area contributed by atoms with Gasteiger partial charge in [0, 0.05) is 26.7 Å². The number of likely N-dealkylation sites (tertiary alicyclic amines) is 1. The molecule has 1 heterocycles. The van der Waals surface area contributed by atoms with E-state index in [4.69, 9.17) is 19.4 Å². The Morgan fingerprint density at radius 2 is 0.817 bits per heavy atom. The Labute approximate surface area is 376 Å². The van der Waals surface area contributed by atoms with Crippen LogP contribution in [0, 0.1) is 11.8 Å². The number of methoxy groups -OCH3 is 1. The van der Waals surface area contributed by atoms with Crippen molar-refractivity contribution in [2.45, 2.75) is 284 Å². The Morgan fingerprint density at radius 3 is 1.22 bits per heavy atom. The van der Waals surface area contributed by atoms with Gasteiger partial charge in [-0.05, 0) is 76.4 Å². The molecule has 0 radical (unpaired) electrons. The second kappa shape index (κ2) is 54.2. The molecule has 1 N–H and O–H groups in total. The first-order valence-electron chi connectivity index (χ1n) is 26.9. The highest BCUT2D eigenvalue weighted by molar-refractivity contribution is 5.49. The number of unbranched alkanes of at least 4 members (excludes halogenated alkanes) is 22. The van der Waals surface area contributed by atoms with E-state index in [1.807, 2.05) is 7.11 Å². The summed E-state index contributed by atoms with van der Waals surface area (Å²) >= 11 is 0. The number of carboxylic acid groups (broad SMARTS) is 1. The molecule has 1 unspecified atom stereocenters. The number of aldehydes is 1. The molecule has 0 aromatic heterocycles. The lowest BCUT2D eigenvalue weighted by Gasteiger charge is -2.19. The smallest absolute Gasteiger partial charge is 0.290 e. The van der Waals surface area contributed by atoms with Gasteiger partial charge in [-0.1, -0.05) is 227 Å². The summed E-state index contributed by atoms with van der Waals surface area (Å²) in [4.78, 5) is 21.5. The molecule has 0 amide bonds. The third kappa shape index (κ3) is 48.1. The van der Waals surface area contributed by atoms with Crippen LogP contribution in [0.15, 0.2) is 0 Å². The Kier molecular flexibility index (Phi) is 55.2. The van der Waals surface area contributed by atoms with Crippen molar-refractivity contribution < 1.29 is 24.2 Å². The van der Waals surface area contributed by atoms with Gasteiger partial charge >= 0.3 is 0 Å². The predicted octanol–water partition coefficient (Wildman–Crippen LogP) is 16.7. The minimum absolute atomic E-state index is 0.250. The number of ether oxygens (including phenoxy) is 2. The molecule has 1 rings (SSSR count). The van der Waals surface area contributed by atoms with Crippen LogP contribution in [0.4, 0.5) is 0 Å². The SMILES string of the molecule is CCCCCC(CC=O)CCCCC.CCCCCC(CCCCC)CCCCCCCCCCC(CCCCCCCCCOC)OCCCCN1CCCC1.O=CO. The van der Waals surface area contributed by atoms with Crippen molar-refractivity contribution in [3.05, 3.63) is 0 Å². The van der Waals surface area contributed by atoms with Crippen LogP contribution in [-0.4, -0.2) is 68.8 Å². The van der Waals surface area contributed by atoms with Gasteiger partial charge in [0.1, 0.15) is 6.29 Å². The lowest BCUT2D eigenvalue weighted by Crippen LogP contribution is -2.21. The third-order valence-corrected chi connectivity index (χ3v) is 13.0. The maximum Gasteiger partial charge on any atom is 0.290 e. The zero-order valence-corrected chi connectivity index (χ0v) is 41.5. The topological polar surface area (TPSA) is 76.1 Å². The van der Waals surface area contributed by atoms with Crippen LogP contribution < -0.4 is 0 Å². The van der Waals surface area contributed by atoms with E-state index in [-0.39, 0.29) is 6.47 Å². The molecule has 0 aromatic carbocycles. The van der Waals surface area contributed by atoms with Crippen LogP contribution in [-0.2, 0) is 19.1 Å². The summed E-state index contributed by atoms with van der Waals surface area (Å²) in [6, 6.07) is 0. The van der Waals surface area contributed by atoms with Crippen molar-refractivity contribution >= 4 is 12.8 Å². The fourth-order valence-electron chi connectivity index (χ4n) is 9.05. The first kappa shape index (κ1) is 61.1. The van der Waals surface area contributed by atoms with E-state index in [1.165, 1.54) is 264 Å². The minimum Gasteiger partial charge on any atom is -0.483 e. The molecule has 60 heavy (non-hydrogen) atoms. The van der Waals surface area contributed by atoms with Crippen LogP contribution in [0.25, 0.3) is 0 Å². The van der Waals surface area contributed by atoms with Gasteiger partial charge in [-0.3, -0.25) is 4.79 Å². The average Bonchev–Trinajstić information content (AvgIpc) is 3.77. The average molecular weight is 852 g/mol. The molecule has 360 valence electrons. The molecule has 0 bridgehead atoms. The lowest BCUT2D eigenvalue weighted by molar-refractivity contribution is -0.122. The van der Waals surface area contributed by atoms with E-state index in [1.54, 1.807) is 0 Å². The summed E-state index contributed by atoms with van der Waals surface area (Å²) in [6.45, 7) is 14.7. The zero-order valence-electron chi connectivity index (χ0n) is 41.5. The molecule has 1 saturated heterocycles. The van der Waals surface area contributed by atoms with Crippen molar-refractivity contribution in [2.75, 3.05) is 40.0 Å². The molecule has 0 aromatic rings. The van der Waals surface area contributed by atoms with Gasteiger partial charge < -0.3 is 24.3 Å². The molecule has 1 fully saturated rings. The first-order chi connectivity index (χ1) is 29.6. The Balaban J connectivity index is 0. The number of hydrogen-bond acceptors (Lipinski definition) is 5. The second-order valence-corrected chi connectivity index (χ2v) is 18.6. The maximum absolute atomic E-state index is 10.5. The van der Waals surface area contributed by atoms with Crippen LogP contribution in [0.1, 0.15) is 278 Å². The summed E-state index contributed by atoms with van der Waals surface area (Å²) in [7, 11) is 1.81. The van der Waals surface area contributed by atoms with E-state index in [9.17, 15) is 4.79 Å². The quantitative estimate of drug-likeness (QED) is 0.0486. The van der Waals surface area contributed by atoms with E-state index in [0.29, 0.717) is 12.0 Å². The Morgan fingerprint density at radius 1 is 0.467 bits per heavy atom. The normalized spacial score (nSPS) is 13.3. The van der Waals surface area contributed by atoms with Crippen molar-refractivity contribution in [3.8, 4) is 0 Å². The molecule has 6 heteroatoms. The molecule has 1 aliphatic rings. The first-order valence-corrected chi connectivity index (χ1v) is 26.9. The molecule has 0 saturated carbocycles. The van der Waals surface area contributed by atoms with Crippen molar-refractivity contribution in [3.63, 3.8) is 0 Å². The molecule has 1 atom stereocenters. The number of rotatable bonds is 45. The van der Waals surface area contributed by atoms with E-state index in [0.717, 1.165) is 31.8 Å². The standard InChI is InChI=1S/C40H81NO2.C13H26O.CH2O2/c1-4-6-19-29-39(30-20-7-5-2)31-21-15-11-8-9-12-16-22-32-40(33-23-17-13-10-14-18-27-37-42-3)43-38-28-26-36-41-34-24-25-35-41;1-3-5-7-9-13(11-12-14)10-8-6-4-2;2-1-3/h39-40H,4-38H2,1-3H3;12-13H,3-11H2,1-2H3;1H,(H,2,3). The van der Waals surface area contributed by atoms with Gasteiger partial charge in [0.15, 0.2) is 0 Å². The van der Waals surface area contributed by atoms with E-state index < -0.39 is 0 Å². The lowest BCUT2D eigenvalue weighted by atomic mass is 9.90. The monoisotopic (exact) mass is 852 g/mol. The summed E-state index contributed by atoms with van der Waals surface area (Å²) in [5, 5.41) is 6.89. The summed E-state index contributed by atoms with van der Waals surface area (Å²) < 4.78 is 11.7. The second-order valence-electron chi connectivity index (χ2n) is 18.6. The maximum atomic E-state index is 10.5. The highest BCUT2D eigenvalue weighted by atomic mass is 16.5. The molecule has 1 aliphatic heterocycles. The highest BCUT2D eigenvalue weighted by Crippen LogP contribution is 2.25. The van der Waals surface area contributed by atoms with Gasteiger partial charge in [0.05, 0.1) is 6.10 Å². The van der Waals surface area contributed by atoms with Crippen LogP contribution in [0.5, 0.6) is 0 Å². The molecular weight excluding hydrogens is 743 g/mol. The fraction of sp³-hybridized carbons (Fsp3) is 0.963. The zero-order chi connectivity index (χ0) is 44.3. The van der Waals surface area contributed by atoms with Gasteiger partial charge in [0.25, 0.3) is 6.47 Å². The summed E-state index contributed by atoms with van der Waals surface area (Å²) in [5.74, 6) is 1.69. The Hall–Kier alpha value is -0.980. The number of carbonyl (C=O) groups is 2. The van der Waals surface area contributed by atoms with E-state index in [2.05, 4.69) is 32.6 Å². The molecule has 0 spiro atoms.